The fourth-order valence-electron chi connectivity index (χ4n) is 3.49. The summed E-state index contributed by atoms with van der Waals surface area (Å²) < 4.78 is 5.80. The zero-order chi connectivity index (χ0) is 19.2. The van der Waals surface area contributed by atoms with Crippen LogP contribution in [-0.4, -0.2) is 52.1 Å². The zero-order valence-corrected chi connectivity index (χ0v) is 16.8. The van der Waals surface area contributed by atoms with Gasteiger partial charge >= 0.3 is 0 Å². The molecule has 0 aliphatic carbocycles. The molecule has 3 rings (SSSR count). The molecule has 2 aromatic rings. The van der Waals surface area contributed by atoms with Gasteiger partial charge in [0.05, 0.1) is 23.7 Å². The molecule has 0 N–H and O–H groups in total. The van der Waals surface area contributed by atoms with Crippen molar-refractivity contribution < 1.29 is 9.21 Å². The van der Waals surface area contributed by atoms with Crippen molar-refractivity contribution in [2.24, 2.45) is 5.92 Å². The smallest absolute Gasteiger partial charge is 0.249 e. The van der Waals surface area contributed by atoms with Crippen LogP contribution in [0.3, 0.4) is 0 Å². The van der Waals surface area contributed by atoms with Crippen LogP contribution in [0.15, 0.2) is 28.7 Å². The van der Waals surface area contributed by atoms with E-state index in [9.17, 15) is 4.79 Å². The normalized spacial score (nSPS) is 17.5. The van der Waals surface area contributed by atoms with E-state index < -0.39 is 0 Å². The predicted octanol–water partition coefficient (Wildman–Crippen LogP) is 3.86. The average molecular weight is 391 g/mol. The van der Waals surface area contributed by atoms with Crippen LogP contribution in [0.5, 0.6) is 0 Å². The first-order valence-electron chi connectivity index (χ1n) is 9.64. The van der Waals surface area contributed by atoms with Gasteiger partial charge in [0.1, 0.15) is 0 Å². The van der Waals surface area contributed by atoms with E-state index in [2.05, 4.69) is 28.9 Å². The number of likely N-dealkylation sites (tertiary alicyclic amines) is 1. The molecule has 1 aromatic carbocycles. The minimum atomic E-state index is 0.181. The monoisotopic (exact) mass is 390 g/mol. The Kier molecular flexibility index (Phi) is 6.85. The molecule has 0 spiro atoms. The Morgan fingerprint density at radius 3 is 2.93 bits per heavy atom. The SMILES string of the molecule is CCCN(CC(=O)N1CCCC(C)C1)Cc1nnc(-c2ccccc2Cl)o1. The molecule has 1 aliphatic heterocycles. The summed E-state index contributed by atoms with van der Waals surface area (Å²) in [6.07, 6.45) is 3.25. The van der Waals surface area contributed by atoms with E-state index in [1.54, 1.807) is 6.07 Å². The van der Waals surface area contributed by atoms with Crippen LogP contribution in [0.4, 0.5) is 0 Å². The molecule has 27 heavy (non-hydrogen) atoms. The first-order valence-corrected chi connectivity index (χ1v) is 10.0. The van der Waals surface area contributed by atoms with Gasteiger partial charge in [-0.25, -0.2) is 0 Å². The number of hydrogen-bond donors (Lipinski definition) is 0. The highest BCUT2D eigenvalue weighted by Gasteiger charge is 2.23. The van der Waals surface area contributed by atoms with Crippen molar-refractivity contribution in [3.8, 4) is 11.5 Å². The highest BCUT2D eigenvalue weighted by atomic mass is 35.5. The quantitative estimate of drug-likeness (QED) is 0.718. The van der Waals surface area contributed by atoms with Gasteiger partial charge in [-0.1, -0.05) is 37.6 Å². The zero-order valence-electron chi connectivity index (χ0n) is 16.0. The molecular weight excluding hydrogens is 364 g/mol. The van der Waals surface area contributed by atoms with Crippen molar-refractivity contribution in [3.05, 3.63) is 35.2 Å². The Hall–Kier alpha value is -1.92. The molecule has 2 heterocycles. The Bertz CT molecular complexity index is 764. The molecular formula is C20H27ClN4O2. The largest absolute Gasteiger partial charge is 0.419 e. The van der Waals surface area contributed by atoms with Crippen molar-refractivity contribution >= 4 is 17.5 Å². The summed E-state index contributed by atoms with van der Waals surface area (Å²) >= 11 is 6.20. The second-order valence-corrected chi connectivity index (χ2v) is 7.69. The number of piperidine rings is 1. The molecule has 146 valence electrons. The first-order chi connectivity index (χ1) is 13.1. The summed E-state index contributed by atoms with van der Waals surface area (Å²) in [5.41, 5.74) is 0.721. The molecule has 1 fully saturated rings. The second kappa shape index (κ2) is 9.33. The standard InChI is InChI=1S/C20H27ClN4O2/c1-3-10-24(14-19(26)25-11-6-7-15(2)12-25)13-18-22-23-20(27-18)16-8-4-5-9-17(16)21/h4-5,8-9,15H,3,6-7,10-14H2,1-2H3. The van der Waals surface area contributed by atoms with Gasteiger partial charge in [-0.2, -0.15) is 0 Å². The van der Waals surface area contributed by atoms with E-state index in [1.165, 1.54) is 6.42 Å². The lowest BCUT2D eigenvalue weighted by Crippen LogP contribution is -2.44. The molecule has 0 radical (unpaired) electrons. The Labute approximate surface area is 165 Å². The minimum Gasteiger partial charge on any atom is -0.419 e. The van der Waals surface area contributed by atoms with Gasteiger partial charge in [0.25, 0.3) is 0 Å². The van der Waals surface area contributed by atoms with Gasteiger partial charge in [0, 0.05) is 13.1 Å². The van der Waals surface area contributed by atoms with E-state index in [4.69, 9.17) is 16.0 Å². The van der Waals surface area contributed by atoms with Crippen LogP contribution < -0.4 is 0 Å². The van der Waals surface area contributed by atoms with E-state index in [1.807, 2.05) is 23.1 Å². The fourth-order valence-corrected chi connectivity index (χ4v) is 3.71. The molecule has 0 bridgehead atoms. The summed E-state index contributed by atoms with van der Waals surface area (Å²) in [6, 6.07) is 7.39. The van der Waals surface area contributed by atoms with E-state index in [0.717, 1.165) is 38.0 Å². The van der Waals surface area contributed by atoms with Crippen LogP contribution in [-0.2, 0) is 11.3 Å². The van der Waals surface area contributed by atoms with Crippen molar-refractivity contribution in [1.29, 1.82) is 0 Å². The van der Waals surface area contributed by atoms with E-state index in [0.29, 0.717) is 35.8 Å². The third-order valence-electron chi connectivity index (χ3n) is 4.84. The van der Waals surface area contributed by atoms with Crippen molar-refractivity contribution in [1.82, 2.24) is 20.0 Å². The molecule has 6 nitrogen and oxygen atoms in total. The number of rotatable bonds is 7. The maximum atomic E-state index is 12.7. The lowest BCUT2D eigenvalue weighted by molar-refractivity contribution is -0.134. The number of benzene rings is 1. The molecule has 1 unspecified atom stereocenters. The summed E-state index contributed by atoms with van der Waals surface area (Å²) in [7, 11) is 0. The Balaban J connectivity index is 1.64. The third kappa shape index (κ3) is 5.30. The number of hydrogen-bond acceptors (Lipinski definition) is 5. The molecule has 1 atom stereocenters. The highest BCUT2D eigenvalue weighted by Crippen LogP contribution is 2.26. The summed E-state index contributed by atoms with van der Waals surface area (Å²) in [4.78, 5) is 16.8. The Morgan fingerprint density at radius 2 is 2.19 bits per heavy atom. The van der Waals surface area contributed by atoms with Crippen LogP contribution in [0, 0.1) is 5.92 Å². The van der Waals surface area contributed by atoms with Gasteiger partial charge in [-0.15, -0.1) is 10.2 Å². The molecule has 7 heteroatoms. The predicted molar refractivity (Wildman–Crippen MR) is 105 cm³/mol. The molecule has 1 saturated heterocycles. The van der Waals surface area contributed by atoms with Crippen LogP contribution in [0.25, 0.3) is 11.5 Å². The number of nitrogens with zero attached hydrogens (tertiary/aromatic N) is 4. The number of carbonyl (C=O) groups excluding carboxylic acids is 1. The summed E-state index contributed by atoms with van der Waals surface area (Å²) in [5.74, 6) is 1.67. The van der Waals surface area contributed by atoms with Crippen LogP contribution in [0.2, 0.25) is 5.02 Å². The second-order valence-electron chi connectivity index (χ2n) is 7.28. The fraction of sp³-hybridized carbons (Fsp3) is 0.550. The van der Waals surface area contributed by atoms with Gasteiger partial charge in [0.15, 0.2) is 0 Å². The van der Waals surface area contributed by atoms with Crippen molar-refractivity contribution in [2.75, 3.05) is 26.2 Å². The highest BCUT2D eigenvalue weighted by molar-refractivity contribution is 6.33. The van der Waals surface area contributed by atoms with Gasteiger partial charge in [-0.3, -0.25) is 9.69 Å². The molecule has 1 aliphatic rings. The van der Waals surface area contributed by atoms with Crippen molar-refractivity contribution in [3.63, 3.8) is 0 Å². The van der Waals surface area contributed by atoms with Gasteiger partial charge < -0.3 is 9.32 Å². The maximum Gasteiger partial charge on any atom is 0.249 e. The molecule has 0 saturated carbocycles. The third-order valence-corrected chi connectivity index (χ3v) is 5.17. The summed E-state index contributed by atoms with van der Waals surface area (Å²) in [5, 5.41) is 8.84. The first kappa shape index (κ1) is 19.8. The van der Waals surface area contributed by atoms with E-state index >= 15 is 0 Å². The van der Waals surface area contributed by atoms with Crippen LogP contribution in [0.1, 0.15) is 39.0 Å². The lowest BCUT2D eigenvalue weighted by atomic mass is 10.0. The topological polar surface area (TPSA) is 62.5 Å². The van der Waals surface area contributed by atoms with Crippen molar-refractivity contribution in [2.45, 2.75) is 39.7 Å². The van der Waals surface area contributed by atoms with Gasteiger partial charge in [0.2, 0.25) is 17.7 Å². The number of carbonyl (C=O) groups is 1. The number of halogens is 1. The number of aromatic nitrogens is 2. The Morgan fingerprint density at radius 1 is 1.37 bits per heavy atom. The lowest BCUT2D eigenvalue weighted by Gasteiger charge is -2.32. The van der Waals surface area contributed by atoms with Gasteiger partial charge in [-0.05, 0) is 43.9 Å². The maximum absolute atomic E-state index is 12.7. The number of amides is 1. The van der Waals surface area contributed by atoms with E-state index in [-0.39, 0.29) is 5.91 Å². The molecule has 1 aromatic heterocycles. The molecule has 1 amide bonds. The summed E-state index contributed by atoms with van der Waals surface area (Å²) in [6.45, 7) is 7.67. The average Bonchev–Trinajstić information content (AvgIpc) is 3.10. The minimum absolute atomic E-state index is 0.181. The van der Waals surface area contributed by atoms with Crippen LogP contribution >= 0.6 is 11.6 Å².